The summed E-state index contributed by atoms with van der Waals surface area (Å²) in [4.78, 5) is 12.1. The van der Waals surface area contributed by atoms with E-state index in [4.69, 9.17) is 4.74 Å². The van der Waals surface area contributed by atoms with Crippen LogP contribution in [-0.2, 0) is 17.9 Å². The molecule has 7 nitrogen and oxygen atoms in total. The highest BCUT2D eigenvalue weighted by atomic mass is 19.1. The summed E-state index contributed by atoms with van der Waals surface area (Å²) in [5, 5.41) is 16.2. The second-order valence-corrected chi connectivity index (χ2v) is 5.15. The van der Waals surface area contributed by atoms with Gasteiger partial charge < -0.3 is 10.1 Å². The van der Waals surface area contributed by atoms with E-state index in [-0.39, 0.29) is 24.0 Å². The van der Waals surface area contributed by atoms with E-state index in [1.54, 1.807) is 25.3 Å². The number of amides is 1. The Morgan fingerprint density at radius 2 is 2.08 bits per heavy atom. The SMILES string of the molecule is COCc1cc(CNC(=O)c2cc(-c3ccccc3F)n[nH]2)[nH]n1. The molecule has 3 rings (SSSR count). The number of aromatic amines is 2. The molecule has 0 spiro atoms. The molecule has 0 saturated carbocycles. The van der Waals surface area contributed by atoms with Crippen LogP contribution in [0.4, 0.5) is 4.39 Å². The standard InChI is InChI=1S/C16H16FN5O2/c1-24-9-11-6-10(19-20-11)8-18-16(23)15-7-14(21-22-15)12-4-2-3-5-13(12)17/h2-7H,8-9H2,1H3,(H,18,23)(H,19,20)(H,21,22). The van der Waals surface area contributed by atoms with Crippen LogP contribution in [0.5, 0.6) is 0 Å². The number of carbonyl (C=O) groups excluding carboxylic acids is 1. The molecule has 0 saturated heterocycles. The molecule has 0 aliphatic carbocycles. The van der Waals surface area contributed by atoms with Crippen molar-refractivity contribution in [2.75, 3.05) is 7.11 Å². The van der Waals surface area contributed by atoms with Crippen LogP contribution in [0, 0.1) is 5.82 Å². The van der Waals surface area contributed by atoms with Crippen molar-refractivity contribution in [2.24, 2.45) is 0 Å². The summed E-state index contributed by atoms with van der Waals surface area (Å²) in [7, 11) is 1.58. The van der Waals surface area contributed by atoms with E-state index in [1.807, 2.05) is 6.07 Å². The Hall–Kier alpha value is -3.00. The minimum Gasteiger partial charge on any atom is -0.378 e. The van der Waals surface area contributed by atoms with Crippen LogP contribution in [0.2, 0.25) is 0 Å². The predicted molar refractivity (Wildman–Crippen MR) is 84.5 cm³/mol. The van der Waals surface area contributed by atoms with Gasteiger partial charge in [0.25, 0.3) is 5.91 Å². The van der Waals surface area contributed by atoms with Gasteiger partial charge >= 0.3 is 0 Å². The fourth-order valence-electron chi connectivity index (χ4n) is 2.24. The monoisotopic (exact) mass is 329 g/mol. The molecule has 2 aromatic heterocycles. The van der Waals surface area contributed by atoms with Crippen molar-refractivity contribution in [3.05, 3.63) is 59.3 Å². The van der Waals surface area contributed by atoms with Crippen LogP contribution in [-0.4, -0.2) is 33.4 Å². The van der Waals surface area contributed by atoms with Gasteiger partial charge in [-0.1, -0.05) is 12.1 Å². The second-order valence-electron chi connectivity index (χ2n) is 5.15. The van der Waals surface area contributed by atoms with Crippen LogP contribution < -0.4 is 5.32 Å². The molecule has 2 heterocycles. The molecule has 0 aliphatic rings. The van der Waals surface area contributed by atoms with Crippen molar-refractivity contribution in [2.45, 2.75) is 13.2 Å². The molecular weight excluding hydrogens is 313 g/mol. The Kier molecular flexibility index (Phi) is 4.66. The Balaban J connectivity index is 1.64. The van der Waals surface area contributed by atoms with Crippen LogP contribution in [0.15, 0.2) is 36.4 Å². The highest BCUT2D eigenvalue weighted by Gasteiger charge is 2.13. The fraction of sp³-hybridized carbons (Fsp3) is 0.188. The average molecular weight is 329 g/mol. The lowest BCUT2D eigenvalue weighted by Gasteiger charge is -2.00. The van der Waals surface area contributed by atoms with Crippen LogP contribution >= 0.6 is 0 Å². The maximum Gasteiger partial charge on any atom is 0.269 e. The molecule has 0 aliphatic heterocycles. The number of halogens is 1. The third-order valence-electron chi connectivity index (χ3n) is 3.39. The number of ether oxygens (including phenoxy) is 1. The summed E-state index contributed by atoms with van der Waals surface area (Å²) in [5.41, 5.74) is 2.48. The topological polar surface area (TPSA) is 95.7 Å². The predicted octanol–water partition coefficient (Wildman–Crippen LogP) is 2.02. The van der Waals surface area contributed by atoms with E-state index in [2.05, 4.69) is 25.7 Å². The van der Waals surface area contributed by atoms with Gasteiger partial charge in [-0.15, -0.1) is 0 Å². The number of hydrogen-bond donors (Lipinski definition) is 3. The van der Waals surface area contributed by atoms with Gasteiger partial charge in [0.1, 0.15) is 11.5 Å². The van der Waals surface area contributed by atoms with E-state index >= 15 is 0 Å². The maximum absolute atomic E-state index is 13.7. The smallest absolute Gasteiger partial charge is 0.269 e. The van der Waals surface area contributed by atoms with E-state index < -0.39 is 0 Å². The molecular formula is C16H16FN5O2. The minimum absolute atomic E-state index is 0.255. The zero-order valence-corrected chi connectivity index (χ0v) is 13.0. The van der Waals surface area contributed by atoms with E-state index in [9.17, 15) is 9.18 Å². The van der Waals surface area contributed by atoms with Gasteiger partial charge in [0.2, 0.25) is 0 Å². The number of carbonyl (C=O) groups is 1. The molecule has 0 bridgehead atoms. The van der Waals surface area contributed by atoms with E-state index in [0.717, 1.165) is 11.4 Å². The van der Waals surface area contributed by atoms with E-state index in [0.29, 0.717) is 17.9 Å². The first-order chi connectivity index (χ1) is 11.7. The third-order valence-corrected chi connectivity index (χ3v) is 3.39. The highest BCUT2D eigenvalue weighted by Crippen LogP contribution is 2.20. The normalized spacial score (nSPS) is 10.8. The van der Waals surface area contributed by atoms with Gasteiger partial charge in [0.15, 0.2) is 0 Å². The summed E-state index contributed by atoms with van der Waals surface area (Å²) >= 11 is 0. The summed E-state index contributed by atoms with van der Waals surface area (Å²) in [6.07, 6.45) is 0. The lowest BCUT2D eigenvalue weighted by atomic mass is 10.1. The van der Waals surface area contributed by atoms with Gasteiger partial charge in [0.05, 0.1) is 30.2 Å². The first-order valence-electron chi connectivity index (χ1n) is 7.28. The number of nitrogens with zero attached hydrogens (tertiary/aromatic N) is 2. The molecule has 1 aromatic carbocycles. The molecule has 124 valence electrons. The molecule has 3 N–H and O–H groups in total. The molecule has 0 radical (unpaired) electrons. The number of nitrogens with one attached hydrogen (secondary N) is 3. The van der Waals surface area contributed by atoms with Crippen molar-refractivity contribution >= 4 is 5.91 Å². The lowest BCUT2D eigenvalue weighted by molar-refractivity contribution is 0.0945. The minimum atomic E-state index is -0.390. The summed E-state index contributed by atoms with van der Waals surface area (Å²) in [5.74, 6) is -0.730. The first kappa shape index (κ1) is 15.9. The molecule has 1 amide bonds. The molecule has 0 atom stereocenters. The lowest BCUT2D eigenvalue weighted by Crippen LogP contribution is -2.23. The third kappa shape index (κ3) is 3.49. The fourth-order valence-corrected chi connectivity index (χ4v) is 2.24. The van der Waals surface area contributed by atoms with Crippen molar-refractivity contribution in [3.63, 3.8) is 0 Å². The molecule has 24 heavy (non-hydrogen) atoms. The van der Waals surface area contributed by atoms with E-state index in [1.165, 1.54) is 12.1 Å². The largest absolute Gasteiger partial charge is 0.378 e. The van der Waals surface area contributed by atoms with Gasteiger partial charge in [-0.2, -0.15) is 10.2 Å². The number of methoxy groups -OCH3 is 1. The van der Waals surface area contributed by atoms with Gasteiger partial charge in [0, 0.05) is 12.7 Å². The number of aromatic nitrogens is 4. The van der Waals surface area contributed by atoms with Gasteiger partial charge in [-0.05, 0) is 24.3 Å². The average Bonchev–Trinajstić information content (AvgIpc) is 3.23. The second kappa shape index (κ2) is 7.05. The first-order valence-corrected chi connectivity index (χ1v) is 7.28. The van der Waals surface area contributed by atoms with Crippen molar-refractivity contribution < 1.29 is 13.9 Å². The van der Waals surface area contributed by atoms with Gasteiger partial charge in [-0.3, -0.25) is 15.0 Å². The van der Waals surface area contributed by atoms with Gasteiger partial charge in [-0.25, -0.2) is 4.39 Å². The number of hydrogen-bond acceptors (Lipinski definition) is 4. The Bertz CT molecular complexity index is 842. The molecule has 0 unspecified atom stereocenters. The van der Waals surface area contributed by atoms with Crippen LogP contribution in [0.1, 0.15) is 21.9 Å². The Labute approximate surface area is 137 Å². The number of H-pyrrole nitrogens is 2. The maximum atomic E-state index is 13.7. The molecule has 3 aromatic rings. The number of benzene rings is 1. The highest BCUT2D eigenvalue weighted by molar-refractivity contribution is 5.93. The number of rotatable bonds is 6. The van der Waals surface area contributed by atoms with Crippen LogP contribution in [0.25, 0.3) is 11.3 Å². The van der Waals surface area contributed by atoms with Crippen LogP contribution in [0.3, 0.4) is 0 Å². The quantitative estimate of drug-likeness (QED) is 0.644. The summed E-state index contributed by atoms with van der Waals surface area (Å²) in [6, 6.07) is 9.58. The summed E-state index contributed by atoms with van der Waals surface area (Å²) in [6.45, 7) is 0.681. The zero-order chi connectivity index (χ0) is 16.9. The Morgan fingerprint density at radius 1 is 1.25 bits per heavy atom. The van der Waals surface area contributed by atoms with Crippen molar-refractivity contribution in [3.8, 4) is 11.3 Å². The van der Waals surface area contributed by atoms with Crippen molar-refractivity contribution in [1.29, 1.82) is 0 Å². The summed E-state index contributed by atoms with van der Waals surface area (Å²) < 4.78 is 18.7. The zero-order valence-electron chi connectivity index (χ0n) is 13.0. The Morgan fingerprint density at radius 3 is 2.88 bits per heavy atom. The van der Waals surface area contributed by atoms with Crippen molar-refractivity contribution in [1.82, 2.24) is 25.7 Å². The molecule has 8 heteroatoms. The molecule has 0 fully saturated rings.